The van der Waals surface area contributed by atoms with Crippen LogP contribution in [0.3, 0.4) is 0 Å². The van der Waals surface area contributed by atoms with E-state index in [1.165, 1.54) is 12.5 Å². The van der Waals surface area contributed by atoms with E-state index in [4.69, 9.17) is 5.73 Å². The Morgan fingerprint density at radius 2 is 2.31 bits per heavy atom. The van der Waals surface area contributed by atoms with E-state index in [0.717, 1.165) is 12.7 Å². The molecule has 0 radical (unpaired) electrons. The van der Waals surface area contributed by atoms with Gasteiger partial charge in [-0.25, -0.2) is 0 Å². The van der Waals surface area contributed by atoms with Crippen LogP contribution in [0.1, 0.15) is 16.8 Å². The van der Waals surface area contributed by atoms with Gasteiger partial charge in [0.15, 0.2) is 6.29 Å². The Morgan fingerprint density at radius 3 is 2.62 bits per heavy atom. The number of hydrogen-bond acceptors (Lipinski definition) is 3. The van der Waals surface area contributed by atoms with E-state index in [1.54, 1.807) is 6.07 Å². The molecule has 4 heteroatoms. The fraction of sp³-hybridized carbons (Fsp3) is 0.167. The number of primary amides is 1. The lowest BCUT2D eigenvalue weighted by Crippen LogP contribution is -2.21. The van der Waals surface area contributed by atoms with Crippen LogP contribution in [-0.2, 0) is 4.79 Å². The summed E-state index contributed by atoms with van der Waals surface area (Å²) in [5, 5.41) is 0. The van der Waals surface area contributed by atoms with Crippen LogP contribution in [-0.4, -0.2) is 12.2 Å². The van der Waals surface area contributed by atoms with Crippen LogP contribution in [0.5, 0.6) is 0 Å². The molecule has 4 nitrogen and oxygen atoms in total. The molecule has 84 valence electrons. The number of amides is 1. The van der Waals surface area contributed by atoms with Crippen LogP contribution in [0.2, 0.25) is 0 Å². The third kappa shape index (κ3) is 3.96. The number of carbonyl (C=O) groups is 2. The van der Waals surface area contributed by atoms with Crippen LogP contribution < -0.4 is 5.73 Å². The zero-order valence-corrected chi connectivity index (χ0v) is 8.71. The topological polar surface area (TPSA) is 73.3 Å². The third-order valence-electron chi connectivity index (χ3n) is 2.03. The van der Waals surface area contributed by atoms with Crippen LogP contribution in [0.15, 0.2) is 47.3 Å². The zero-order valence-electron chi connectivity index (χ0n) is 8.71. The van der Waals surface area contributed by atoms with Gasteiger partial charge in [0, 0.05) is 0 Å². The Hall–Kier alpha value is -2.10. The molecule has 0 bridgehead atoms. The van der Waals surface area contributed by atoms with Gasteiger partial charge in [0.2, 0.25) is 5.91 Å². The van der Waals surface area contributed by atoms with Crippen molar-refractivity contribution in [2.75, 3.05) is 0 Å². The van der Waals surface area contributed by atoms with Crippen molar-refractivity contribution in [3.63, 3.8) is 0 Å². The maximum atomic E-state index is 10.5. The SMILES string of the molecule is NC(=O)C1C=CC=CC1.O=Cc1ccoc1. The number of nitrogens with two attached hydrogens (primary N) is 1. The second kappa shape index (κ2) is 6.40. The first-order valence-corrected chi connectivity index (χ1v) is 4.84. The first-order chi connectivity index (χ1) is 7.74. The highest BCUT2D eigenvalue weighted by Gasteiger charge is 2.09. The molecule has 2 rings (SSSR count). The summed E-state index contributed by atoms with van der Waals surface area (Å²) in [7, 11) is 0. The lowest BCUT2D eigenvalue weighted by molar-refractivity contribution is -0.120. The summed E-state index contributed by atoms with van der Waals surface area (Å²) in [5.74, 6) is -0.314. The molecule has 0 spiro atoms. The molecule has 1 aliphatic rings. The van der Waals surface area contributed by atoms with E-state index in [-0.39, 0.29) is 11.8 Å². The van der Waals surface area contributed by atoms with Gasteiger partial charge in [-0.05, 0) is 12.5 Å². The van der Waals surface area contributed by atoms with Gasteiger partial charge < -0.3 is 10.2 Å². The van der Waals surface area contributed by atoms with Gasteiger partial charge in [-0.15, -0.1) is 0 Å². The fourth-order valence-corrected chi connectivity index (χ4v) is 1.13. The fourth-order valence-electron chi connectivity index (χ4n) is 1.13. The van der Waals surface area contributed by atoms with Crippen molar-refractivity contribution < 1.29 is 14.0 Å². The monoisotopic (exact) mass is 219 g/mol. The van der Waals surface area contributed by atoms with Gasteiger partial charge in [0.05, 0.1) is 17.7 Å². The van der Waals surface area contributed by atoms with Crippen molar-refractivity contribution in [1.82, 2.24) is 0 Å². The van der Waals surface area contributed by atoms with Crippen LogP contribution in [0.4, 0.5) is 0 Å². The lowest BCUT2D eigenvalue weighted by atomic mass is 10.0. The predicted molar refractivity (Wildman–Crippen MR) is 59.7 cm³/mol. The Bertz CT molecular complexity index is 390. The molecule has 0 aromatic carbocycles. The van der Waals surface area contributed by atoms with Gasteiger partial charge in [-0.2, -0.15) is 0 Å². The van der Waals surface area contributed by atoms with E-state index >= 15 is 0 Å². The van der Waals surface area contributed by atoms with Crippen molar-refractivity contribution in [3.05, 3.63) is 48.5 Å². The number of aldehydes is 1. The second-order valence-electron chi connectivity index (χ2n) is 3.23. The zero-order chi connectivity index (χ0) is 11.8. The molecule has 1 aromatic heterocycles. The molecule has 1 aromatic rings. The van der Waals surface area contributed by atoms with E-state index in [2.05, 4.69) is 4.42 Å². The first-order valence-electron chi connectivity index (χ1n) is 4.84. The molecule has 0 saturated heterocycles. The molecular formula is C12H13NO3. The molecule has 0 fully saturated rings. The maximum absolute atomic E-state index is 10.5. The molecular weight excluding hydrogens is 206 g/mol. The van der Waals surface area contributed by atoms with Crippen molar-refractivity contribution in [2.45, 2.75) is 6.42 Å². The van der Waals surface area contributed by atoms with Crippen LogP contribution in [0, 0.1) is 5.92 Å². The minimum absolute atomic E-state index is 0.0741. The number of rotatable bonds is 2. The molecule has 1 amide bonds. The van der Waals surface area contributed by atoms with Crippen LogP contribution >= 0.6 is 0 Å². The van der Waals surface area contributed by atoms with Gasteiger partial charge in [0.1, 0.15) is 6.26 Å². The average molecular weight is 219 g/mol. The van der Waals surface area contributed by atoms with Gasteiger partial charge in [0.25, 0.3) is 0 Å². The molecule has 1 unspecified atom stereocenters. The number of allylic oxidation sites excluding steroid dienone is 3. The van der Waals surface area contributed by atoms with E-state index in [9.17, 15) is 9.59 Å². The Labute approximate surface area is 93.4 Å². The number of hydrogen-bond donors (Lipinski definition) is 1. The minimum atomic E-state index is -0.240. The molecule has 1 aliphatic carbocycles. The van der Waals surface area contributed by atoms with E-state index in [0.29, 0.717) is 5.56 Å². The molecule has 2 N–H and O–H groups in total. The molecule has 1 heterocycles. The molecule has 1 atom stereocenters. The quantitative estimate of drug-likeness (QED) is 0.769. The summed E-state index contributed by atoms with van der Waals surface area (Å²) in [6, 6.07) is 1.60. The third-order valence-corrected chi connectivity index (χ3v) is 2.03. The van der Waals surface area contributed by atoms with Crippen molar-refractivity contribution in [2.24, 2.45) is 11.7 Å². The van der Waals surface area contributed by atoms with Crippen molar-refractivity contribution in [1.29, 1.82) is 0 Å². The summed E-state index contributed by atoms with van der Waals surface area (Å²) in [5.41, 5.74) is 5.63. The van der Waals surface area contributed by atoms with E-state index in [1.807, 2.05) is 24.3 Å². The van der Waals surface area contributed by atoms with Gasteiger partial charge >= 0.3 is 0 Å². The molecule has 16 heavy (non-hydrogen) atoms. The number of carbonyl (C=O) groups excluding carboxylic acids is 2. The normalized spacial score (nSPS) is 17.4. The summed E-state index contributed by atoms with van der Waals surface area (Å²) in [6.07, 6.45) is 11.9. The highest BCUT2D eigenvalue weighted by Crippen LogP contribution is 2.09. The smallest absolute Gasteiger partial charge is 0.224 e. The number of furan rings is 1. The molecule has 0 aliphatic heterocycles. The Balaban J connectivity index is 0.000000165. The summed E-state index contributed by atoms with van der Waals surface area (Å²) >= 11 is 0. The maximum Gasteiger partial charge on any atom is 0.224 e. The Kier molecular flexibility index (Phi) is 4.79. The summed E-state index contributed by atoms with van der Waals surface area (Å²) in [4.78, 5) is 20.3. The highest BCUT2D eigenvalue weighted by atomic mass is 16.3. The summed E-state index contributed by atoms with van der Waals surface area (Å²) < 4.78 is 4.57. The lowest BCUT2D eigenvalue weighted by Gasteiger charge is -2.06. The van der Waals surface area contributed by atoms with Gasteiger partial charge in [-0.3, -0.25) is 9.59 Å². The largest absolute Gasteiger partial charge is 0.472 e. The van der Waals surface area contributed by atoms with Crippen LogP contribution in [0.25, 0.3) is 0 Å². The average Bonchev–Trinajstić information content (AvgIpc) is 2.84. The predicted octanol–water partition coefficient (Wildman–Crippen LogP) is 1.70. The second-order valence-corrected chi connectivity index (χ2v) is 3.23. The highest BCUT2D eigenvalue weighted by molar-refractivity contribution is 5.79. The van der Waals surface area contributed by atoms with Crippen molar-refractivity contribution >= 4 is 12.2 Å². The van der Waals surface area contributed by atoms with E-state index < -0.39 is 0 Å². The molecule has 0 saturated carbocycles. The first kappa shape index (κ1) is 12.0. The minimum Gasteiger partial charge on any atom is -0.472 e. The van der Waals surface area contributed by atoms with Gasteiger partial charge in [-0.1, -0.05) is 24.3 Å². The van der Waals surface area contributed by atoms with Crippen molar-refractivity contribution in [3.8, 4) is 0 Å². The standard InChI is InChI=1S/C7H9NO.C5H4O2/c8-7(9)6-4-2-1-3-5-6;6-3-5-1-2-7-4-5/h1-4,6H,5H2,(H2,8,9);1-4H. The Morgan fingerprint density at radius 1 is 1.50 bits per heavy atom. The summed E-state index contributed by atoms with van der Waals surface area (Å²) in [6.45, 7) is 0.